The summed E-state index contributed by atoms with van der Waals surface area (Å²) in [5, 5.41) is 0. The molecule has 0 aromatic heterocycles. The van der Waals surface area contributed by atoms with Gasteiger partial charge in [0, 0.05) is 5.57 Å². The van der Waals surface area contributed by atoms with Crippen LogP contribution in [0.15, 0.2) is 29.8 Å². The van der Waals surface area contributed by atoms with Crippen molar-refractivity contribution in [1.82, 2.24) is 0 Å². The molecule has 0 saturated heterocycles. The van der Waals surface area contributed by atoms with E-state index in [4.69, 9.17) is 4.74 Å². The molecule has 1 aromatic carbocycles. The van der Waals surface area contributed by atoms with Crippen LogP contribution in [0.3, 0.4) is 0 Å². The van der Waals surface area contributed by atoms with Crippen molar-refractivity contribution in [2.45, 2.75) is 27.7 Å². The van der Waals surface area contributed by atoms with E-state index in [1.54, 1.807) is 6.92 Å². The fourth-order valence-electron chi connectivity index (χ4n) is 1.59. The van der Waals surface area contributed by atoms with E-state index in [1.807, 2.05) is 45.0 Å². The monoisotopic (exact) mass is 218 g/mol. The lowest BCUT2D eigenvalue weighted by Crippen LogP contribution is -2.07. The molecule has 0 saturated carbocycles. The highest BCUT2D eigenvalue weighted by Crippen LogP contribution is 2.21. The number of hydrogen-bond donors (Lipinski definition) is 0. The van der Waals surface area contributed by atoms with Gasteiger partial charge in [0.2, 0.25) is 0 Å². The predicted octanol–water partition coefficient (Wildman–Crippen LogP) is 3.35. The Kier molecular flexibility index (Phi) is 4.29. The van der Waals surface area contributed by atoms with Gasteiger partial charge in [0.1, 0.15) is 0 Å². The van der Waals surface area contributed by atoms with Gasteiger partial charge in [0.15, 0.2) is 0 Å². The maximum Gasteiger partial charge on any atom is 0.333 e. The van der Waals surface area contributed by atoms with Crippen LogP contribution in [0.2, 0.25) is 0 Å². The maximum absolute atomic E-state index is 11.6. The van der Waals surface area contributed by atoms with Crippen LogP contribution in [0.1, 0.15) is 31.9 Å². The number of esters is 1. The first-order valence-electron chi connectivity index (χ1n) is 5.48. The molecule has 1 rings (SSSR count). The number of allylic oxidation sites excluding steroid dienone is 1. The topological polar surface area (TPSA) is 26.3 Å². The Morgan fingerprint density at radius 1 is 1.25 bits per heavy atom. The fraction of sp³-hybridized carbons (Fsp3) is 0.357. The first kappa shape index (κ1) is 12.5. The number of carbonyl (C=O) groups excluding carboxylic acids is 1. The van der Waals surface area contributed by atoms with Gasteiger partial charge in [-0.3, -0.25) is 0 Å². The van der Waals surface area contributed by atoms with E-state index >= 15 is 0 Å². The molecule has 0 aliphatic rings. The molecule has 2 nitrogen and oxygen atoms in total. The highest BCUT2D eigenvalue weighted by atomic mass is 16.5. The van der Waals surface area contributed by atoms with E-state index < -0.39 is 0 Å². The molecule has 1 aromatic rings. The molecule has 0 radical (unpaired) electrons. The van der Waals surface area contributed by atoms with Crippen LogP contribution >= 0.6 is 0 Å². The van der Waals surface area contributed by atoms with Gasteiger partial charge in [0.05, 0.1) is 6.61 Å². The Bertz CT molecular complexity index is 416. The second kappa shape index (κ2) is 5.50. The lowest BCUT2D eigenvalue weighted by molar-refractivity contribution is -0.138. The zero-order valence-corrected chi connectivity index (χ0v) is 10.3. The molecule has 86 valence electrons. The van der Waals surface area contributed by atoms with Gasteiger partial charge < -0.3 is 4.74 Å². The molecule has 0 bridgehead atoms. The highest BCUT2D eigenvalue weighted by molar-refractivity contribution is 5.96. The molecule has 0 spiro atoms. The van der Waals surface area contributed by atoms with Crippen LogP contribution in [0.4, 0.5) is 0 Å². The molecule has 0 fully saturated rings. The quantitative estimate of drug-likeness (QED) is 0.574. The van der Waals surface area contributed by atoms with Crippen molar-refractivity contribution in [2.75, 3.05) is 6.61 Å². The minimum atomic E-state index is -0.233. The van der Waals surface area contributed by atoms with Crippen molar-refractivity contribution in [3.05, 3.63) is 41.0 Å². The largest absolute Gasteiger partial charge is 0.463 e. The van der Waals surface area contributed by atoms with Crippen LogP contribution in [0.5, 0.6) is 0 Å². The second-order valence-corrected chi connectivity index (χ2v) is 3.79. The summed E-state index contributed by atoms with van der Waals surface area (Å²) in [7, 11) is 0. The summed E-state index contributed by atoms with van der Waals surface area (Å²) < 4.78 is 4.99. The van der Waals surface area contributed by atoms with Crippen LogP contribution in [-0.4, -0.2) is 12.6 Å². The molecule has 2 heteroatoms. The number of hydrogen-bond acceptors (Lipinski definition) is 2. The van der Waals surface area contributed by atoms with Crippen LogP contribution in [-0.2, 0) is 9.53 Å². The summed E-state index contributed by atoms with van der Waals surface area (Å²) in [5.74, 6) is -0.233. The minimum absolute atomic E-state index is 0.233. The Labute approximate surface area is 96.9 Å². The number of ether oxygens (including phenoxy) is 1. The molecule has 0 aliphatic carbocycles. The van der Waals surface area contributed by atoms with Crippen molar-refractivity contribution in [2.24, 2.45) is 0 Å². The minimum Gasteiger partial charge on any atom is -0.463 e. The van der Waals surface area contributed by atoms with Crippen molar-refractivity contribution in [3.63, 3.8) is 0 Å². The van der Waals surface area contributed by atoms with Gasteiger partial charge in [0.25, 0.3) is 0 Å². The van der Waals surface area contributed by atoms with Gasteiger partial charge in [-0.25, -0.2) is 4.79 Å². The second-order valence-electron chi connectivity index (χ2n) is 3.79. The molecule has 0 N–H and O–H groups in total. The Morgan fingerprint density at radius 3 is 2.44 bits per heavy atom. The molecule has 0 amide bonds. The standard InChI is InChI=1S/C14H18O2/c1-5-16-14(15)12(4)11(3)13-9-7-6-8-10(13)2/h6-9H,5H2,1-4H3/b12-11-. The van der Waals surface area contributed by atoms with Crippen LogP contribution < -0.4 is 0 Å². The lowest BCUT2D eigenvalue weighted by atomic mass is 9.98. The van der Waals surface area contributed by atoms with E-state index in [-0.39, 0.29) is 5.97 Å². The Morgan fingerprint density at radius 2 is 1.88 bits per heavy atom. The average Bonchev–Trinajstić information content (AvgIpc) is 2.28. The van der Waals surface area contributed by atoms with Crippen molar-refractivity contribution >= 4 is 11.5 Å². The third kappa shape index (κ3) is 2.72. The van der Waals surface area contributed by atoms with E-state index in [0.29, 0.717) is 12.2 Å². The van der Waals surface area contributed by atoms with Gasteiger partial charge >= 0.3 is 5.97 Å². The molecule has 16 heavy (non-hydrogen) atoms. The summed E-state index contributed by atoms with van der Waals surface area (Å²) in [6.45, 7) is 8.02. The SMILES string of the molecule is CCOC(=O)/C(C)=C(/C)c1ccccc1C. The summed E-state index contributed by atoms with van der Waals surface area (Å²) in [6, 6.07) is 8.03. The first-order valence-corrected chi connectivity index (χ1v) is 5.48. The highest BCUT2D eigenvalue weighted by Gasteiger charge is 2.10. The third-order valence-electron chi connectivity index (χ3n) is 2.69. The number of benzene rings is 1. The summed E-state index contributed by atoms with van der Waals surface area (Å²) in [4.78, 5) is 11.6. The number of carbonyl (C=O) groups is 1. The summed E-state index contributed by atoms with van der Waals surface area (Å²) in [6.07, 6.45) is 0. The Balaban J connectivity index is 3.09. The van der Waals surface area contributed by atoms with Gasteiger partial charge in [-0.1, -0.05) is 24.3 Å². The first-order chi connectivity index (χ1) is 7.57. The zero-order chi connectivity index (χ0) is 12.1. The van der Waals surface area contributed by atoms with E-state index in [2.05, 4.69) is 0 Å². The molecule has 0 aliphatic heterocycles. The molecule has 0 unspecified atom stereocenters. The van der Waals surface area contributed by atoms with Crippen molar-refractivity contribution in [3.8, 4) is 0 Å². The summed E-state index contributed by atoms with van der Waals surface area (Å²) in [5.41, 5.74) is 3.93. The molecule has 0 atom stereocenters. The molecular formula is C14H18O2. The smallest absolute Gasteiger partial charge is 0.333 e. The van der Waals surface area contributed by atoms with E-state index in [0.717, 1.165) is 11.1 Å². The maximum atomic E-state index is 11.6. The average molecular weight is 218 g/mol. The van der Waals surface area contributed by atoms with Crippen molar-refractivity contribution < 1.29 is 9.53 Å². The fourth-order valence-corrected chi connectivity index (χ4v) is 1.59. The predicted molar refractivity (Wildman–Crippen MR) is 66.1 cm³/mol. The van der Waals surface area contributed by atoms with Gasteiger partial charge in [-0.2, -0.15) is 0 Å². The van der Waals surface area contributed by atoms with Crippen molar-refractivity contribution in [1.29, 1.82) is 0 Å². The molecular weight excluding hydrogens is 200 g/mol. The normalized spacial score (nSPS) is 12.0. The zero-order valence-electron chi connectivity index (χ0n) is 10.3. The number of rotatable bonds is 3. The van der Waals surface area contributed by atoms with Gasteiger partial charge in [-0.15, -0.1) is 0 Å². The number of aryl methyl sites for hydroxylation is 1. The van der Waals surface area contributed by atoms with Crippen LogP contribution in [0, 0.1) is 6.92 Å². The third-order valence-corrected chi connectivity index (χ3v) is 2.69. The lowest BCUT2D eigenvalue weighted by Gasteiger charge is -2.09. The Hall–Kier alpha value is -1.57. The van der Waals surface area contributed by atoms with E-state index in [1.165, 1.54) is 5.56 Å². The molecule has 0 heterocycles. The van der Waals surface area contributed by atoms with Crippen LogP contribution in [0.25, 0.3) is 5.57 Å². The summed E-state index contributed by atoms with van der Waals surface area (Å²) >= 11 is 0. The van der Waals surface area contributed by atoms with Gasteiger partial charge in [-0.05, 0) is 44.4 Å². The van der Waals surface area contributed by atoms with E-state index in [9.17, 15) is 4.79 Å².